The van der Waals surface area contributed by atoms with Crippen molar-refractivity contribution in [3.05, 3.63) is 0 Å². The maximum Gasteiger partial charge on any atom is 0 e. The van der Waals surface area contributed by atoms with Crippen molar-refractivity contribution in [3.8, 4) is 0 Å². The maximum absolute atomic E-state index is 0. The minimum Gasteiger partial charge on any atom is 0 e. The summed E-state index contributed by atoms with van der Waals surface area (Å²) in [4.78, 5) is 0. The number of hydrogen-bond acceptors (Lipinski definition) is 0. The van der Waals surface area contributed by atoms with Crippen molar-refractivity contribution in [2.45, 2.75) is 0 Å². The van der Waals surface area contributed by atoms with Crippen molar-refractivity contribution >= 4 is 67.5 Å². The van der Waals surface area contributed by atoms with Crippen LogP contribution in [0.4, 0.5) is 0 Å². The van der Waals surface area contributed by atoms with Gasteiger partial charge in [0.05, 0.1) is 0 Å². The second-order valence-corrected chi connectivity index (χ2v) is 0. The Kier molecular flexibility index (Phi) is 123. The third-order valence-electron chi connectivity index (χ3n) is 0. The van der Waals surface area contributed by atoms with Crippen LogP contribution in [0.15, 0.2) is 0 Å². The molecule has 0 aliphatic heterocycles. The number of rotatable bonds is 0. The molecule has 0 aromatic heterocycles. The van der Waals surface area contributed by atoms with E-state index in [-0.39, 0.29) is 87.0 Å². The van der Waals surface area contributed by atoms with Gasteiger partial charge in [0.15, 0.2) is 17.4 Å². The minimum absolute atomic E-state index is 0. The van der Waals surface area contributed by atoms with Crippen LogP contribution in [-0.4, -0.2) is 67.5 Å². The molecule has 0 aromatic carbocycles. The van der Waals surface area contributed by atoms with Crippen LogP contribution in [0.1, 0.15) is 0 Å². The molecule has 0 atom stereocenters. The van der Waals surface area contributed by atoms with E-state index >= 15 is 0 Å². The molecule has 0 spiro atoms. The third kappa shape index (κ3) is 8.85. The monoisotopic (exact) mass is 428 g/mol. The second-order valence-electron chi connectivity index (χ2n) is 0. The van der Waals surface area contributed by atoms with Gasteiger partial charge in [-0.2, -0.15) is 0 Å². The predicted octanol–water partition coefficient (Wildman–Crippen LogP) is -3.29. The number of hydrogen-bond donors (Lipinski definition) is 0. The average molecular weight is 428 g/mol. The van der Waals surface area contributed by atoms with Crippen LogP contribution in [0.5, 0.6) is 0 Å². The van der Waals surface area contributed by atoms with Crippen molar-refractivity contribution in [1.82, 2.24) is 0 Å². The first-order valence-corrected chi connectivity index (χ1v) is 0. The average Bonchev–Trinajstić information content (AvgIpc) is 0. The van der Waals surface area contributed by atoms with Crippen LogP contribution in [0, 0.1) is 0 Å². The van der Waals surface area contributed by atoms with Crippen molar-refractivity contribution < 1.29 is 19.5 Å². The summed E-state index contributed by atoms with van der Waals surface area (Å²) in [6.45, 7) is 0. The van der Waals surface area contributed by atoms with Crippen LogP contribution >= 0.6 is 0 Å². The van der Waals surface area contributed by atoms with E-state index in [1.165, 1.54) is 0 Å². The summed E-state index contributed by atoms with van der Waals surface area (Å²) in [7, 11) is 0. The first-order chi connectivity index (χ1) is 0. The molecule has 4 heteroatoms. The van der Waals surface area contributed by atoms with E-state index in [0.29, 0.717) is 0 Å². The molecule has 0 nitrogen and oxygen atoms in total. The van der Waals surface area contributed by atoms with E-state index in [4.69, 9.17) is 0 Å². The van der Waals surface area contributed by atoms with Gasteiger partial charge in [-0.05, 0) is 0 Å². The summed E-state index contributed by atoms with van der Waals surface area (Å²) in [6, 6.07) is 0. The zero-order valence-electron chi connectivity index (χ0n) is 2.12. The van der Waals surface area contributed by atoms with Gasteiger partial charge in [-0.1, -0.05) is 0 Å². The molecule has 0 saturated heterocycles. The smallest absolute Gasteiger partial charge is 0 e. The van der Waals surface area contributed by atoms with Crippen LogP contribution in [0.2, 0.25) is 0 Å². The molecule has 0 aliphatic rings. The molecule has 2 radical (unpaired) electrons. The molecule has 0 rings (SSSR count). The topological polar surface area (TPSA) is 0 Å². The van der Waals surface area contributed by atoms with Crippen molar-refractivity contribution in [1.29, 1.82) is 0 Å². The molecule has 0 fully saturated rings. The molecule has 0 saturated carbocycles. The maximum atomic E-state index is 0. The molecule has 0 unspecified atom stereocenters. The van der Waals surface area contributed by atoms with Gasteiger partial charge in [-0.25, -0.2) is 0 Å². The van der Waals surface area contributed by atoms with Crippen molar-refractivity contribution in [2.24, 2.45) is 0 Å². The molecule has 22 valence electrons. The molecular weight excluding hydrogens is 420 g/mol. The van der Waals surface area contributed by atoms with Crippen LogP contribution in [0.3, 0.4) is 0 Å². The molecular formula is H8AlBiSnZn. The Hall–Kier alpha value is 2.84. The van der Waals surface area contributed by atoms with Crippen LogP contribution in [0.25, 0.3) is 0 Å². The quantitative estimate of drug-likeness (QED) is 0.356. The fourth-order valence-electron chi connectivity index (χ4n) is 0. The van der Waals surface area contributed by atoms with Gasteiger partial charge in [0.2, 0.25) is 0 Å². The summed E-state index contributed by atoms with van der Waals surface area (Å²) in [5.74, 6) is 0. The van der Waals surface area contributed by atoms with Gasteiger partial charge in [0.1, 0.15) is 0 Å². The largest absolute Gasteiger partial charge is 0 e. The molecule has 4 heavy (non-hydrogen) atoms. The first kappa shape index (κ1) is 28.9. The molecule has 0 bridgehead atoms. The molecule has 0 aromatic rings. The van der Waals surface area contributed by atoms with Crippen molar-refractivity contribution in [2.75, 3.05) is 0 Å². The fraction of sp³-hybridized carbons (Fsp3) is 0. The van der Waals surface area contributed by atoms with E-state index in [1.807, 2.05) is 0 Å². The van der Waals surface area contributed by atoms with Gasteiger partial charge in [0, 0.05) is 19.5 Å². The van der Waals surface area contributed by atoms with Gasteiger partial charge in [-0.15, -0.1) is 0 Å². The van der Waals surface area contributed by atoms with Gasteiger partial charge < -0.3 is 0 Å². The normalized spacial score (nSPS) is 0. The van der Waals surface area contributed by atoms with E-state index in [1.54, 1.807) is 0 Å². The summed E-state index contributed by atoms with van der Waals surface area (Å²) >= 11 is 0. The Morgan fingerprint density at radius 1 is 1.00 bits per heavy atom. The summed E-state index contributed by atoms with van der Waals surface area (Å²) in [5.41, 5.74) is 0. The van der Waals surface area contributed by atoms with E-state index in [2.05, 4.69) is 0 Å². The molecule has 0 N–H and O–H groups in total. The van der Waals surface area contributed by atoms with E-state index < -0.39 is 0 Å². The Morgan fingerprint density at radius 3 is 1.00 bits per heavy atom. The SMILES string of the molecule is [AlH3].[BiH3].[SnH2].[Zn]. The Morgan fingerprint density at radius 2 is 1.00 bits per heavy atom. The Bertz CT molecular complexity index is 8.00. The zero-order valence-corrected chi connectivity index (χ0v) is 14.6. The summed E-state index contributed by atoms with van der Waals surface area (Å²) in [6.07, 6.45) is 0. The van der Waals surface area contributed by atoms with Gasteiger partial charge in [-0.3, -0.25) is 0 Å². The standard InChI is InChI=1S/Al.Bi.Sn.Zn.8H. The summed E-state index contributed by atoms with van der Waals surface area (Å²) in [5, 5.41) is 0. The third-order valence-corrected chi connectivity index (χ3v) is 0. The van der Waals surface area contributed by atoms with Gasteiger partial charge >= 0.3 is 50.1 Å². The van der Waals surface area contributed by atoms with Crippen LogP contribution in [-0.2, 0) is 19.5 Å². The van der Waals surface area contributed by atoms with Crippen LogP contribution < -0.4 is 0 Å². The van der Waals surface area contributed by atoms with E-state index in [9.17, 15) is 0 Å². The molecule has 0 heterocycles. The predicted molar refractivity (Wildman–Crippen MR) is 28.4 cm³/mol. The Labute approximate surface area is 85.5 Å². The minimum atomic E-state index is 0. The molecule has 0 amide bonds. The Balaban J connectivity index is 0. The van der Waals surface area contributed by atoms with Crippen molar-refractivity contribution in [3.63, 3.8) is 0 Å². The zero-order chi connectivity index (χ0) is 0. The van der Waals surface area contributed by atoms with E-state index in [0.717, 1.165) is 0 Å². The second kappa shape index (κ2) is 17.0. The summed E-state index contributed by atoms with van der Waals surface area (Å²) < 4.78 is 0. The van der Waals surface area contributed by atoms with Gasteiger partial charge in [0.25, 0.3) is 0 Å². The fourth-order valence-corrected chi connectivity index (χ4v) is 0. The first-order valence-electron chi connectivity index (χ1n) is 0. The molecule has 0 aliphatic carbocycles.